The smallest absolute Gasteiger partial charge is 0.0431 e. The summed E-state index contributed by atoms with van der Waals surface area (Å²) >= 11 is 0. The molecule has 138 valence electrons. The zero-order chi connectivity index (χ0) is 18.1. The van der Waals surface area contributed by atoms with E-state index in [0.717, 1.165) is 32.1 Å². The first kappa shape index (κ1) is 21.8. The number of hydrogen-bond acceptors (Lipinski definition) is 1. The maximum absolute atomic E-state index is 9.53. The number of rotatable bonds is 9. The third-order valence-corrected chi connectivity index (χ3v) is 5.13. The molecule has 0 saturated carbocycles. The average molecular weight is 523 g/mol. The van der Waals surface area contributed by atoms with Crippen molar-refractivity contribution in [3.63, 3.8) is 0 Å². The van der Waals surface area contributed by atoms with Crippen LogP contribution in [0.5, 0.6) is 0 Å². The Balaban J connectivity index is 0.00000261. The minimum Gasteiger partial charge on any atom is -0.396 e. The Bertz CT molecular complexity index is 655. The molecule has 0 radical (unpaired) electrons. The van der Waals surface area contributed by atoms with E-state index < -0.39 is 0 Å². The standard InChI is InChI=1S/C25H28O.Hf/c26-18-10-17-25(19-22-11-4-1-5-12-22,20-23-13-6-2-7-14-23)21-24-15-8-3-9-16-24;/h1-9,11-16,26H,10,17-21H2;. The van der Waals surface area contributed by atoms with Crippen molar-refractivity contribution >= 4 is 0 Å². The van der Waals surface area contributed by atoms with E-state index in [-0.39, 0.29) is 37.9 Å². The van der Waals surface area contributed by atoms with Gasteiger partial charge in [-0.3, -0.25) is 0 Å². The molecule has 27 heavy (non-hydrogen) atoms. The fourth-order valence-corrected chi connectivity index (χ4v) is 3.99. The fraction of sp³-hybridized carbons (Fsp3) is 0.280. The van der Waals surface area contributed by atoms with Gasteiger partial charge in [-0.15, -0.1) is 0 Å². The molecule has 0 saturated heterocycles. The molecular formula is C25H28HfO. The van der Waals surface area contributed by atoms with Crippen LogP contribution in [-0.4, -0.2) is 11.7 Å². The molecule has 0 aliphatic carbocycles. The zero-order valence-corrected chi connectivity index (χ0v) is 19.4. The molecule has 0 bridgehead atoms. The van der Waals surface area contributed by atoms with E-state index in [9.17, 15) is 5.11 Å². The van der Waals surface area contributed by atoms with Crippen LogP contribution in [0.25, 0.3) is 0 Å². The van der Waals surface area contributed by atoms with Crippen molar-refractivity contribution in [1.29, 1.82) is 0 Å². The molecule has 0 amide bonds. The summed E-state index contributed by atoms with van der Waals surface area (Å²) < 4.78 is 0. The predicted molar refractivity (Wildman–Crippen MR) is 109 cm³/mol. The molecule has 0 aliphatic heterocycles. The molecule has 3 rings (SSSR count). The van der Waals surface area contributed by atoms with Gasteiger partial charge in [0.2, 0.25) is 0 Å². The molecule has 1 N–H and O–H groups in total. The van der Waals surface area contributed by atoms with Crippen LogP contribution in [0, 0.1) is 5.41 Å². The van der Waals surface area contributed by atoms with Crippen LogP contribution in [0.3, 0.4) is 0 Å². The van der Waals surface area contributed by atoms with Crippen molar-refractivity contribution in [3.05, 3.63) is 108 Å². The molecule has 0 spiro atoms. The predicted octanol–water partition coefficient (Wildman–Crippen LogP) is 5.47. The van der Waals surface area contributed by atoms with Gasteiger partial charge < -0.3 is 5.11 Å². The van der Waals surface area contributed by atoms with Crippen molar-refractivity contribution in [2.45, 2.75) is 32.1 Å². The van der Waals surface area contributed by atoms with Gasteiger partial charge in [0.25, 0.3) is 0 Å². The molecule has 0 heterocycles. The first-order valence-electron chi connectivity index (χ1n) is 9.52. The average Bonchev–Trinajstić information content (AvgIpc) is 2.69. The van der Waals surface area contributed by atoms with E-state index in [0.29, 0.717) is 0 Å². The Morgan fingerprint density at radius 2 is 0.889 bits per heavy atom. The molecule has 1 nitrogen and oxygen atoms in total. The Morgan fingerprint density at radius 3 is 1.19 bits per heavy atom. The van der Waals surface area contributed by atoms with Gasteiger partial charge in [-0.2, -0.15) is 0 Å². The number of aliphatic hydroxyl groups excluding tert-OH is 1. The van der Waals surface area contributed by atoms with Gasteiger partial charge in [0, 0.05) is 32.5 Å². The molecular weight excluding hydrogens is 495 g/mol. The maximum Gasteiger partial charge on any atom is 0.0431 e. The zero-order valence-electron chi connectivity index (χ0n) is 15.9. The van der Waals surface area contributed by atoms with Crippen molar-refractivity contribution in [1.82, 2.24) is 0 Å². The van der Waals surface area contributed by atoms with Gasteiger partial charge in [-0.05, 0) is 54.2 Å². The summed E-state index contributed by atoms with van der Waals surface area (Å²) in [5.74, 6) is 0. The van der Waals surface area contributed by atoms with Gasteiger partial charge >= 0.3 is 0 Å². The van der Waals surface area contributed by atoms with E-state index in [4.69, 9.17) is 0 Å². The first-order valence-corrected chi connectivity index (χ1v) is 9.52. The summed E-state index contributed by atoms with van der Waals surface area (Å²) in [6.07, 6.45) is 4.93. The third kappa shape index (κ3) is 6.86. The van der Waals surface area contributed by atoms with Crippen LogP contribution in [0.4, 0.5) is 0 Å². The largest absolute Gasteiger partial charge is 0.396 e. The van der Waals surface area contributed by atoms with E-state index in [2.05, 4.69) is 91.0 Å². The summed E-state index contributed by atoms with van der Waals surface area (Å²) in [5, 5.41) is 9.53. The van der Waals surface area contributed by atoms with Crippen molar-refractivity contribution in [2.75, 3.05) is 6.61 Å². The second-order valence-corrected chi connectivity index (χ2v) is 7.31. The summed E-state index contributed by atoms with van der Waals surface area (Å²) in [6.45, 7) is 0.250. The van der Waals surface area contributed by atoms with E-state index in [1.54, 1.807) is 0 Å². The molecule has 0 atom stereocenters. The SMILES string of the molecule is OCCCC(Cc1ccccc1)(Cc1ccccc1)Cc1ccccc1.[Hf]. The van der Waals surface area contributed by atoms with Gasteiger partial charge in [-0.25, -0.2) is 0 Å². The molecule has 3 aromatic rings. The number of aliphatic hydroxyl groups is 1. The van der Waals surface area contributed by atoms with Crippen LogP contribution >= 0.6 is 0 Å². The molecule has 0 fully saturated rings. The Kier molecular flexibility index (Phi) is 9.17. The summed E-state index contributed by atoms with van der Waals surface area (Å²) in [6, 6.07) is 32.3. The molecule has 0 aromatic heterocycles. The number of hydrogen-bond donors (Lipinski definition) is 1. The maximum atomic E-state index is 9.53. The molecule has 0 unspecified atom stereocenters. The topological polar surface area (TPSA) is 20.2 Å². The van der Waals surface area contributed by atoms with Crippen LogP contribution in [0.15, 0.2) is 91.0 Å². The Labute approximate surface area is 182 Å². The van der Waals surface area contributed by atoms with Crippen LogP contribution in [-0.2, 0) is 45.1 Å². The minimum atomic E-state index is 0. The van der Waals surface area contributed by atoms with Crippen molar-refractivity contribution < 1.29 is 30.9 Å². The monoisotopic (exact) mass is 524 g/mol. The third-order valence-electron chi connectivity index (χ3n) is 5.13. The molecule has 2 heteroatoms. The normalized spacial score (nSPS) is 11.0. The second-order valence-electron chi connectivity index (χ2n) is 7.31. The Hall–Kier alpha value is -1.51. The molecule has 0 aliphatic rings. The summed E-state index contributed by atoms with van der Waals surface area (Å²) in [7, 11) is 0. The van der Waals surface area contributed by atoms with Gasteiger partial charge in [0.1, 0.15) is 0 Å². The van der Waals surface area contributed by atoms with E-state index in [1.807, 2.05) is 0 Å². The van der Waals surface area contributed by atoms with E-state index in [1.165, 1.54) is 16.7 Å². The number of benzene rings is 3. The second kappa shape index (κ2) is 11.4. The summed E-state index contributed by atoms with van der Waals surface area (Å²) in [5.41, 5.74) is 4.22. The summed E-state index contributed by atoms with van der Waals surface area (Å²) in [4.78, 5) is 0. The van der Waals surface area contributed by atoms with Crippen LogP contribution in [0.2, 0.25) is 0 Å². The van der Waals surface area contributed by atoms with Crippen molar-refractivity contribution in [2.24, 2.45) is 5.41 Å². The fourth-order valence-electron chi connectivity index (χ4n) is 3.99. The molecule has 3 aromatic carbocycles. The van der Waals surface area contributed by atoms with Gasteiger partial charge in [0.05, 0.1) is 0 Å². The van der Waals surface area contributed by atoms with Crippen molar-refractivity contribution in [3.8, 4) is 0 Å². The van der Waals surface area contributed by atoms with E-state index >= 15 is 0 Å². The quantitative estimate of drug-likeness (QED) is 0.369. The minimum absolute atomic E-state index is 0. The first-order chi connectivity index (χ1) is 12.8. The Morgan fingerprint density at radius 1 is 0.556 bits per heavy atom. The van der Waals surface area contributed by atoms with Gasteiger partial charge in [-0.1, -0.05) is 91.0 Å². The van der Waals surface area contributed by atoms with Gasteiger partial charge in [0.15, 0.2) is 0 Å². The van der Waals surface area contributed by atoms with Crippen LogP contribution < -0.4 is 0 Å². The van der Waals surface area contributed by atoms with Crippen LogP contribution in [0.1, 0.15) is 29.5 Å².